The highest BCUT2D eigenvalue weighted by Gasteiger charge is 2.51. The molecule has 126 valence electrons. The SMILES string of the molecule is CC(Cc1c(F)cccc1F)NC(=O)C1(c2ccc(Br)cc2)CC1. The molecule has 5 heteroatoms. The van der Waals surface area contributed by atoms with Crippen LogP contribution in [-0.2, 0) is 16.6 Å². The maximum absolute atomic E-state index is 13.7. The lowest BCUT2D eigenvalue weighted by molar-refractivity contribution is -0.124. The molecule has 2 aromatic rings. The molecule has 0 aromatic heterocycles. The summed E-state index contributed by atoms with van der Waals surface area (Å²) in [5, 5.41) is 2.91. The van der Waals surface area contributed by atoms with Crippen molar-refractivity contribution in [3.63, 3.8) is 0 Å². The molecule has 24 heavy (non-hydrogen) atoms. The molecule has 0 saturated heterocycles. The molecule has 0 heterocycles. The minimum atomic E-state index is -0.579. The number of rotatable bonds is 5. The van der Waals surface area contributed by atoms with Gasteiger partial charge in [-0.1, -0.05) is 34.1 Å². The Balaban J connectivity index is 1.69. The number of carbonyl (C=O) groups excluding carboxylic acids is 1. The molecule has 0 aliphatic heterocycles. The molecule has 0 radical (unpaired) electrons. The fourth-order valence-electron chi connectivity index (χ4n) is 2.99. The van der Waals surface area contributed by atoms with Gasteiger partial charge in [-0.3, -0.25) is 4.79 Å². The van der Waals surface area contributed by atoms with Gasteiger partial charge in [-0.25, -0.2) is 8.78 Å². The summed E-state index contributed by atoms with van der Waals surface area (Å²) in [6.07, 6.45) is 1.71. The van der Waals surface area contributed by atoms with Gasteiger partial charge >= 0.3 is 0 Å². The van der Waals surface area contributed by atoms with Crippen molar-refractivity contribution < 1.29 is 13.6 Å². The first-order valence-electron chi connectivity index (χ1n) is 7.92. The maximum atomic E-state index is 13.7. The van der Waals surface area contributed by atoms with Crippen LogP contribution in [0.15, 0.2) is 46.9 Å². The summed E-state index contributed by atoms with van der Waals surface area (Å²) in [7, 11) is 0. The first-order valence-corrected chi connectivity index (χ1v) is 8.71. The van der Waals surface area contributed by atoms with Crippen molar-refractivity contribution in [2.75, 3.05) is 0 Å². The van der Waals surface area contributed by atoms with Crippen LogP contribution in [0.1, 0.15) is 30.9 Å². The van der Waals surface area contributed by atoms with Gasteiger partial charge in [0.1, 0.15) is 11.6 Å². The predicted molar refractivity (Wildman–Crippen MR) is 92.7 cm³/mol. The molecule has 1 aliphatic carbocycles. The molecule has 0 bridgehead atoms. The number of carbonyl (C=O) groups is 1. The maximum Gasteiger partial charge on any atom is 0.230 e. The molecule has 2 nitrogen and oxygen atoms in total. The van der Waals surface area contributed by atoms with Crippen molar-refractivity contribution in [2.24, 2.45) is 0 Å². The molecule has 1 aliphatic rings. The normalized spacial score (nSPS) is 16.5. The summed E-state index contributed by atoms with van der Waals surface area (Å²) < 4.78 is 28.4. The van der Waals surface area contributed by atoms with Crippen LogP contribution in [0.25, 0.3) is 0 Å². The largest absolute Gasteiger partial charge is 0.353 e. The molecular formula is C19H18BrF2NO. The highest BCUT2D eigenvalue weighted by Crippen LogP contribution is 2.48. The molecule has 1 saturated carbocycles. The summed E-state index contributed by atoms with van der Waals surface area (Å²) >= 11 is 3.39. The van der Waals surface area contributed by atoms with E-state index in [0.717, 1.165) is 22.9 Å². The summed E-state index contributed by atoms with van der Waals surface area (Å²) in [5.74, 6) is -1.23. The van der Waals surface area contributed by atoms with E-state index in [2.05, 4.69) is 21.2 Å². The lowest BCUT2D eigenvalue weighted by Crippen LogP contribution is -2.41. The number of hydrogen-bond acceptors (Lipinski definition) is 1. The Hall–Kier alpha value is -1.75. The van der Waals surface area contributed by atoms with Crippen LogP contribution in [0.3, 0.4) is 0 Å². The predicted octanol–water partition coefficient (Wildman–Crippen LogP) is 4.51. The number of hydrogen-bond donors (Lipinski definition) is 1. The minimum Gasteiger partial charge on any atom is -0.353 e. The van der Waals surface area contributed by atoms with Gasteiger partial charge in [0.2, 0.25) is 5.91 Å². The van der Waals surface area contributed by atoms with Crippen molar-refractivity contribution in [1.82, 2.24) is 5.32 Å². The smallest absolute Gasteiger partial charge is 0.230 e. The minimum absolute atomic E-state index is 0.0128. The fourth-order valence-corrected chi connectivity index (χ4v) is 3.25. The molecule has 2 aromatic carbocycles. The third-order valence-electron chi connectivity index (χ3n) is 4.53. The molecule has 1 atom stereocenters. The quantitative estimate of drug-likeness (QED) is 0.795. The van der Waals surface area contributed by atoms with Gasteiger partial charge in [0.15, 0.2) is 0 Å². The van der Waals surface area contributed by atoms with Gasteiger partial charge in [0, 0.05) is 16.1 Å². The average Bonchev–Trinajstić information content (AvgIpc) is 3.33. The lowest BCUT2D eigenvalue weighted by Gasteiger charge is -2.20. The van der Waals surface area contributed by atoms with Crippen molar-refractivity contribution in [3.05, 3.63) is 69.7 Å². The second-order valence-corrected chi connectivity index (χ2v) is 7.28. The van der Waals surface area contributed by atoms with Crippen LogP contribution in [0.5, 0.6) is 0 Å². The zero-order valence-corrected chi connectivity index (χ0v) is 14.9. The molecule has 0 spiro atoms. The van der Waals surface area contributed by atoms with Crippen LogP contribution < -0.4 is 5.32 Å². The molecule has 1 fully saturated rings. The zero-order chi connectivity index (χ0) is 17.3. The van der Waals surface area contributed by atoms with Crippen LogP contribution in [-0.4, -0.2) is 11.9 Å². The molecule has 1 unspecified atom stereocenters. The van der Waals surface area contributed by atoms with Gasteiger partial charge < -0.3 is 5.32 Å². The zero-order valence-electron chi connectivity index (χ0n) is 13.3. The Morgan fingerprint density at radius 2 is 1.75 bits per heavy atom. The standard InChI is InChI=1S/C19H18BrF2NO/c1-12(11-15-16(21)3-2-4-17(15)22)23-18(24)19(9-10-19)13-5-7-14(20)8-6-13/h2-8,12H,9-11H2,1H3,(H,23,24). The second-order valence-electron chi connectivity index (χ2n) is 6.37. The van der Waals surface area contributed by atoms with E-state index in [1.54, 1.807) is 6.92 Å². The fraction of sp³-hybridized carbons (Fsp3) is 0.316. The van der Waals surface area contributed by atoms with E-state index in [9.17, 15) is 13.6 Å². The lowest BCUT2D eigenvalue weighted by atomic mass is 9.94. The van der Waals surface area contributed by atoms with Crippen molar-refractivity contribution in [3.8, 4) is 0 Å². The molecule has 1 N–H and O–H groups in total. The van der Waals surface area contributed by atoms with Crippen molar-refractivity contribution >= 4 is 21.8 Å². The highest BCUT2D eigenvalue weighted by molar-refractivity contribution is 9.10. The third kappa shape index (κ3) is 3.36. The summed E-state index contributed by atoms with van der Waals surface area (Å²) in [6.45, 7) is 1.77. The molecular weight excluding hydrogens is 376 g/mol. The first-order chi connectivity index (χ1) is 11.4. The van der Waals surface area contributed by atoms with Crippen LogP contribution in [0, 0.1) is 11.6 Å². The Kier molecular flexibility index (Phi) is 4.72. The van der Waals surface area contributed by atoms with Crippen LogP contribution in [0.4, 0.5) is 8.78 Å². The average molecular weight is 394 g/mol. The van der Waals surface area contributed by atoms with Gasteiger partial charge in [-0.2, -0.15) is 0 Å². The molecule has 3 rings (SSSR count). The Bertz CT molecular complexity index is 736. The Labute approximate surface area is 148 Å². The van der Waals surface area contributed by atoms with E-state index in [1.165, 1.54) is 18.2 Å². The topological polar surface area (TPSA) is 29.1 Å². The number of halogens is 3. The van der Waals surface area contributed by atoms with Gasteiger partial charge in [-0.15, -0.1) is 0 Å². The van der Waals surface area contributed by atoms with Gasteiger partial charge in [0.05, 0.1) is 5.41 Å². The van der Waals surface area contributed by atoms with Crippen LogP contribution in [0.2, 0.25) is 0 Å². The van der Waals surface area contributed by atoms with E-state index < -0.39 is 17.0 Å². The first kappa shape index (κ1) is 17.1. The Morgan fingerprint density at radius 1 is 1.17 bits per heavy atom. The third-order valence-corrected chi connectivity index (χ3v) is 5.06. The second kappa shape index (κ2) is 6.63. The number of nitrogens with one attached hydrogen (secondary N) is 1. The highest BCUT2D eigenvalue weighted by atomic mass is 79.9. The monoisotopic (exact) mass is 393 g/mol. The Morgan fingerprint density at radius 3 is 2.29 bits per heavy atom. The van der Waals surface area contributed by atoms with E-state index in [4.69, 9.17) is 0 Å². The summed E-state index contributed by atoms with van der Waals surface area (Å²) in [5.41, 5.74) is 0.495. The summed E-state index contributed by atoms with van der Waals surface area (Å²) in [4.78, 5) is 12.7. The van der Waals surface area contributed by atoms with Crippen LogP contribution >= 0.6 is 15.9 Å². The van der Waals surface area contributed by atoms with Crippen molar-refractivity contribution in [2.45, 2.75) is 37.6 Å². The molecule has 1 amide bonds. The van der Waals surface area contributed by atoms with E-state index >= 15 is 0 Å². The summed E-state index contributed by atoms with van der Waals surface area (Å²) in [6, 6.07) is 11.2. The van der Waals surface area contributed by atoms with Gasteiger partial charge in [-0.05, 0) is 56.0 Å². The van der Waals surface area contributed by atoms with E-state index in [0.29, 0.717) is 0 Å². The van der Waals surface area contributed by atoms with Gasteiger partial charge in [0.25, 0.3) is 0 Å². The van der Waals surface area contributed by atoms with E-state index in [1.807, 2.05) is 24.3 Å². The van der Waals surface area contributed by atoms with Crippen molar-refractivity contribution in [1.29, 1.82) is 0 Å². The van der Waals surface area contributed by atoms with E-state index in [-0.39, 0.29) is 23.9 Å². The number of amides is 1. The number of benzene rings is 2.